The predicted molar refractivity (Wildman–Crippen MR) is 90.0 cm³/mol. The van der Waals surface area contributed by atoms with Crippen LogP contribution in [0.2, 0.25) is 0 Å². The molecule has 1 N–H and O–H groups in total. The van der Waals surface area contributed by atoms with Crippen LogP contribution in [0.15, 0.2) is 6.20 Å². The number of ether oxygens (including phenoxy) is 1. The average molecular weight is 350 g/mol. The molecule has 1 aromatic rings. The Balaban J connectivity index is 1.77. The van der Waals surface area contributed by atoms with E-state index in [2.05, 4.69) is 5.10 Å². The summed E-state index contributed by atoms with van der Waals surface area (Å²) < 4.78 is 7.19. The molecule has 0 saturated heterocycles. The van der Waals surface area contributed by atoms with Gasteiger partial charge in [-0.15, -0.1) is 0 Å². The molecular weight excluding hydrogens is 324 g/mol. The van der Waals surface area contributed by atoms with Gasteiger partial charge in [0.05, 0.1) is 42.7 Å². The minimum Gasteiger partial charge on any atom is -0.444 e. The minimum absolute atomic E-state index is 0.0389. The third-order valence-electron chi connectivity index (χ3n) is 4.89. The number of aliphatic hydroxyl groups excluding tert-OH is 1. The lowest BCUT2D eigenvalue weighted by atomic mass is 10.1. The van der Waals surface area contributed by atoms with Crippen molar-refractivity contribution in [3.05, 3.63) is 17.5 Å². The fourth-order valence-corrected chi connectivity index (χ4v) is 3.05. The lowest BCUT2D eigenvalue weighted by molar-refractivity contribution is 0.0192. The van der Waals surface area contributed by atoms with Crippen molar-refractivity contribution in [2.75, 3.05) is 20.2 Å². The number of nitrogens with zero attached hydrogens (tertiary/aromatic N) is 4. The van der Waals surface area contributed by atoms with Crippen LogP contribution in [0.1, 0.15) is 49.7 Å². The molecular formula is C17H26N4O4. The molecule has 25 heavy (non-hydrogen) atoms. The zero-order chi connectivity index (χ0) is 18.4. The van der Waals surface area contributed by atoms with E-state index >= 15 is 0 Å². The highest BCUT2D eigenvalue weighted by Gasteiger charge is 2.48. The van der Waals surface area contributed by atoms with Crippen LogP contribution in [0.4, 0.5) is 4.79 Å². The number of fused-ring (bicyclic) bond motifs is 1. The van der Waals surface area contributed by atoms with Gasteiger partial charge in [-0.2, -0.15) is 5.10 Å². The van der Waals surface area contributed by atoms with E-state index in [1.807, 2.05) is 20.8 Å². The van der Waals surface area contributed by atoms with E-state index in [-0.39, 0.29) is 25.2 Å². The molecule has 1 saturated carbocycles. The molecule has 0 atom stereocenters. The molecule has 0 unspecified atom stereocenters. The molecule has 2 heterocycles. The second-order valence-electron chi connectivity index (χ2n) is 7.88. The number of amides is 2. The summed E-state index contributed by atoms with van der Waals surface area (Å²) in [5.74, 6) is -0.168. The Morgan fingerprint density at radius 1 is 1.36 bits per heavy atom. The Bertz CT molecular complexity index is 687. The number of hydrogen-bond donors (Lipinski definition) is 1. The van der Waals surface area contributed by atoms with Crippen molar-refractivity contribution in [3.8, 4) is 0 Å². The van der Waals surface area contributed by atoms with E-state index in [0.717, 1.165) is 12.8 Å². The molecule has 1 aliphatic heterocycles. The number of carbonyl (C=O) groups is 2. The Morgan fingerprint density at radius 2 is 2.04 bits per heavy atom. The summed E-state index contributed by atoms with van der Waals surface area (Å²) in [6.45, 7) is 6.75. The van der Waals surface area contributed by atoms with Crippen molar-refractivity contribution >= 4 is 12.0 Å². The Hall–Kier alpha value is -2.09. The smallest absolute Gasteiger partial charge is 0.410 e. The summed E-state index contributed by atoms with van der Waals surface area (Å²) in [6.07, 6.45) is 2.78. The molecule has 1 fully saturated rings. The molecule has 0 bridgehead atoms. The summed E-state index contributed by atoms with van der Waals surface area (Å²) >= 11 is 0. The maximum atomic E-state index is 12.9. The maximum Gasteiger partial charge on any atom is 0.410 e. The fourth-order valence-electron chi connectivity index (χ4n) is 3.05. The number of aliphatic hydroxyl groups is 1. The first-order valence-electron chi connectivity index (χ1n) is 8.58. The van der Waals surface area contributed by atoms with Crippen LogP contribution in [-0.2, 0) is 17.8 Å². The van der Waals surface area contributed by atoms with Crippen LogP contribution < -0.4 is 0 Å². The average Bonchev–Trinajstić information content (AvgIpc) is 3.24. The van der Waals surface area contributed by atoms with Gasteiger partial charge in [0.15, 0.2) is 0 Å². The van der Waals surface area contributed by atoms with E-state index in [9.17, 15) is 14.7 Å². The largest absolute Gasteiger partial charge is 0.444 e. The molecule has 8 nitrogen and oxygen atoms in total. The molecule has 138 valence electrons. The summed E-state index contributed by atoms with van der Waals surface area (Å²) in [6, 6.07) is 0. The second kappa shape index (κ2) is 6.01. The SMILES string of the molecule is CN(C(=O)c1cnn2c1CN(C(=O)OC(C)(C)C)CC2)C1(CO)CC1. The van der Waals surface area contributed by atoms with Gasteiger partial charge in [-0.1, -0.05) is 0 Å². The molecule has 8 heteroatoms. The first-order chi connectivity index (χ1) is 11.7. The van der Waals surface area contributed by atoms with Crippen molar-refractivity contribution in [2.45, 2.75) is 57.8 Å². The molecule has 1 aliphatic carbocycles. The number of hydrogen-bond acceptors (Lipinski definition) is 5. The number of rotatable bonds is 3. The molecule has 0 spiro atoms. The van der Waals surface area contributed by atoms with Gasteiger partial charge in [-0.05, 0) is 33.6 Å². The highest BCUT2D eigenvalue weighted by atomic mass is 16.6. The molecule has 0 aromatic carbocycles. The van der Waals surface area contributed by atoms with Gasteiger partial charge in [0.1, 0.15) is 5.60 Å². The topological polar surface area (TPSA) is 87.9 Å². The van der Waals surface area contributed by atoms with Gasteiger partial charge < -0.3 is 19.6 Å². The van der Waals surface area contributed by atoms with Crippen molar-refractivity contribution in [1.29, 1.82) is 0 Å². The van der Waals surface area contributed by atoms with E-state index in [0.29, 0.717) is 24.3 Å². The summed E-state index contributed by atoms with van der Waals surface area (Å²) in [4.78, 5) is 28.4. The van der Waals surface area contributed by atoms with E-state index in [1.165, 1.54) is 0 Å². The van der Waals surface area contributed by atoms with E-state index in [4.69, 9.17) is 4.74 Å². The van der Waals surface area contributed by atoms with Gasteiger partial charge in [-0.3, -0.25) is 9.48 Å². The summed E-state index contributed by atoms with van der Waals surface area (Å²) in [5.41, 5.74) is 0.191. The lowest BCUT2D eigenvalue weighted by Gasteiger charge is -2.31. The van der Waals surface area contributed by atoms with Crippen LogP contribution in [0.25, 0.3) is 0 Å². The van der Waals surface area contributed by atoms with Crippen LogP contribution in [0, 0.1) is 0 Å². The monoisotopic (exact) mass is 350 g/mol. The molecule has 1 aromatic heterocycles. The predicted octanol–water partition coefficient (Wildman–Crippen LogP) is 1.23. The zero-order valence-electron chi connectivity index (χ0n) is 15.3. The van der Waals surface area contributed by atoms with E-state index < -0.39 is 11.1 Å². The lowest BCUT2D eigenvalue weighted by Crippen LogP contribution is -2.44. The van der Waals surface area contributed by atoms with Crippen molar-refractivity contribution in [2.24, 2.45) is 0 Å². The number of aromatic nitrogens is 2. The maximum absolute atomic E-state index is 12.9. The van der Waals surface area contributed by atoms with Crippen molar-refractivity contribution in [3.63, 3.8) is 0 Å². The van der Waals surface area contributed by atoms with Gasteiger partial charge in [-0.25, -0.2) is 4.79 Å². The molecule has 0 radical (unpaired) electrons. The minimum atomic E-state index is -0.562. The quantitative estimate of drug-likeness (QED) is 0.886. The Morgan fingerprint density at radius 3 is 2.60 bits per heavy atom. The van der Waals surface area contributed by atoms with Crippen LogP contribution in [-0.4, -0.2) is 68.0 Å². The Kier molecular flexibility index (Phi) is 4.26. The van der Waals surface area contributed by atoms with Gasteiger partial charge in [0.2, 0.25) is 0 Å². The van der Waals surface area contributed by atoms with Crippen molar-refractivity contribution in [1.82, 2.24) is 19.6 Å². The normalized spacial score (nSPS) is 18.5. The van der Waals surface area contributed by atoms with Gasteiger partial charge in [0.25, 0.3) is 5.91 Å². The molecule has 3 rings (SSSR count). The summed E-state index contributed by atoms with van der Waals surface area (Å²) in [5, 5.41) is 13.8. The van der Waals surface area contributed by atoms with Crippen LogP contribution in [0.3, 0.4) is 0 Å². The number of likely N-dealkylation sites (N-methyl/N-ethyl adjacent to an activating group) is 1. The van der Waals surface area contributed by atoms with Crippen LogP contribution >= 0.6 is 0 Å². The second-order valence-corrected chi connectivity index (χ2v) is 7.88. The molecule has 2 amide bonds. The zero-order valence-corrected chi connectivity index (χ0v) is 15.3. The standard InChI is InChI=1S/C17H26N4O4/c1-16(2,3)25-15(24)20-7-8-21-13(10-20)12(9-18-21)14(23)19(4)17(11-22)5-6-17/h9,22H,5-8,10-11H2,1-4H3. The Labute approximate surface area is 147 Å². The third-order valence-corrected chi connectivity index (χ3v) is 4.89. The third kappa shape index (κ3) is 3.35. The van der Waals surface area contributed by atoms with Crippen LogP contribution in [0.5, 0.6) is 0 Å². The summed E-state index contributed by atoms with van der Waals surface area (Å²) in [7, 11) is 1.71. The first-order valence-corrected chi connectivity index (χ1v) is 8.58. The molecule has 2 aliphatic rings. The fraction of sp³-hybridized carbons (Fsp3) is 0.706. The highest BCUT2D eigenvalue weighted by molar-refractivity contribution is 5.96. The highest BCUT2D eigenvalue weighted by Crippen LogP contribution is 2.41. The van der Waals surface area contributed by atoms with Crippen molar-refractivity contribution < 1.29 is 19.4 Å². The number of carbonyl (C=O) groups excluding carboxylic acids is 2. The van der Waals surface area contributed by atoms with Gasteiger partial charge >= 0.3 is 6.09 Å². The van der Waals surface area contributed by atoms with Gasteiger partial charge in [0, 0.05) is 13.6 Å². The first kappa shape index (κ1) is 17.7. The van der Waals surface area contributed by atoms with E-state index in [1.54, 1.807) is 27.7 Å².